The van der Waals surface area contributed by atoms with Gasteiger partial charge in [0.15, 0.2) is 0 Å². The average molecular weight is 1270 g/mol. The Hall–Kier alpha value is -6.76. The van der Waals surface area contributed by atoms with Crippen molar-refractivity contribution in [2.45, 2.75) is 85.8 Å². The zero-order valence-corrected chi connectivity index (χ0v) is 49.3. The second-order valence-electron chi connectivity index (χ2n) is 14.5. The van der Waals surface area contributed by atoms with Crippen molar-refractivity contribution in [3.05, 3.63) is 110 Å². The molecule has 1 radical (unpaired) electrons. The van der Waals surface area contributed by atoms with Crippen molar-refractivity contribution >= 4 is 54.2 Å². The van der Waals surface area contributed by atoms with Crippen molar-refractivity contribution in [1.29, 1.82) is 5.26 Å². The summed E-state index contributed by atoms with van der Waals surface area (Å²) in [6, 6.07) is 14.1. The molecule has 6 N–H and O–H groups in total. The number of halogens is 9. The molecule has 22 nitrogen and oxygen atoms in total. The molecule has 0 aliphatic carbocycles. The molecule has 81 heavy (non-hydrogen) atoms. The van der Waals surface area contributed by atoms with Gasteiger partial charge in [-0.15, -0.1) is 6.42 Å². The molecule has 0 bridgehead atoms. The monoisotopic (exact) mass is 1270 g/mol. The summed E-state index contributed by atoms with van der Waals surface area (Å²) < 4.78 is 196. The number of phenols is 3. The van der Waals surface area contributed by atoms with Gasteiger partial charge >= 0.3 is 70.8 Å². The van der Waals surface area contributed by atoms with Crippen LogP contribution in [0.3, 0.4) is 0 Å². The number of hydrogen-bond acceptors (Lipinski definition) is 19. The van der Waals surface area contributed by atoms with E-state index in [4.69, 9.17) is 48.6 Å². The van der Waals surface area contributed by atoms with Crippen LogP contribution in [0.25, 0.3) is 0 Å². The quantitative estimate of drug-likeness (QED) is 0.0212. The van der Waals surface area contributed by atoms with Crippen LogP contribution < -0.4 is 0 Å². The topological polar surface area (TPSA) is 366 Å². The van der Waals surface area contributed by atoms with Crippen molar-refractivity contribution in [2.75, 3.05) is 28.4 Å². The first-order valence-corrected chi connectivity index (χ1v) is 24.8. The summed E-state index contributed by atoms with van der Waals surface area (Å²) in [6.07, 6.45) is 4.56. The predicted octanol–water partition coefficient (Wildman–Crippen LogP) is 9.09. The van der Waals surface area contributed by atoms with Crippen LogP contribution >= 0.6 is 0 Å². The molecule has 0 aliphatic rings. The van der Waals surface area contributed by atoms with Crippen LogP contribution in [0.1, 0.15) is 88.5 Å². The number of terminal acetylenes is 1. The SMILES string of the molecule is C#CC(=O)OC.CC#N.COC(=O)c1c(C)cc(C)c(O)c1C.COC(=O)c1c(C)ccc(O)c1C.COC(=O)c1cc(C)cc(C)c1O.Cc1ccc(C)o1.O=S(=O)(O)C(F)(F)F.O=S(=O)(O)C(F)(F)F.O=S(=O)(O)C(F)(F)F.[Sc]. The maximum absolute atomic E-state index is 11.4. The Bertz CT molecular complexity index is 3010. The van der Waals surface area contributed by atoms with E-state index in [2.05, 4.69) is 25.4 Å². The Morgan fingerprint density at radius 3 is 1.11 bits per heavy atom. The number of aryl methyl sites for hydroxylation is 7. The normalized spacial score (nSPS) is 10.4. The number of carbonyl (C=O) groups excluding carboxylic acids is 4. The van der Waals surface area contributed by atoms with Crippen molar-refractivity contribution < 1.29 is 162 Å². The maximum Gasteiger partial charge on any atom is 0.522 e. The molecule has 0 fully saturated rings. The molecule has 4 aromatic rings. The van der Waals surface area contributed by atoms with Crippen LogP contribution in [-0.2, 0) is 79.9 Å². The molecule has 0 atom stereocenters. The molecule has 3 aromatic carbocycles. The molecule has 0 amide bonds. The van der Waals surface area contributed by atoms with E-state index in [1.54, 1.807) is 70.9 Å². The van der Waals surface area contributed by atoms with Gasteiger partial charge in [0.25, 0.3) is 0 Å². The molecule has 0 unspecified atom stereocenters. The Morgan fingerprint density at radius 2 is 0.852 bits per heavy atom. The third kappa shape index (κ3) is 34.2. The number of nitrogens with zero attached hydrogens (tertiary/aromatic N) is 1. The molecule has 0 saturated carbocycles. The van der Waals surface area contributed by atoms with E-state index in [1.807, 2.05) is 45.9 Å². The minimum absolute atomic E-state index is 0. The van der Waals surface area contributed by atoms with Crippen LogP contribution in [0.2, 0.25) is 0 Å². The second-order valence-corrected chi connectivity index (χ2v) is 18.7. The van der Waals surface area contributed by atoms with Gasteiger partial charge in [0, 0.05) is 49.8 Å². The van der Waals surface area contributed by atoms with E-state index in [1.165, 1.54) is 35.4 Å². The molecule has 0 saturated heterocycles. The number of phenolic OH excluding ortho intramolecular Hbond substituents is 3. The number of rotatable bonds is 3. The van der Waals surface area contributed by atoms with Crippen molar-refractivity contribution in [3.63, 3.8) is 0 Å². The predicted molar refractivity (Wildman–Crippen MR) is 265 cm³/mol. The standard InChI is InChI=1S/C11H14O3.2C10H12O3.C6H8O.C4H4O2.C2H3N.3CHF3O3S.Sc/c1-6-5-7(2)10(12)8(3)9(6)11(13)14-4;1-6-4-7(2)9(11)8(5-6)10(12)13-3;1-6-4-5-8(11)7(2)9(6)10(12)13-3;1-5-3-4-6(2)7-5;1-3-4(5)6-2;1-2-3;3*2-1(3,4)8(5,6)7;/h5,12H,1-4H3;2*4-5,11H,1-3H3;3-4H,1-2H3;1H,2H3;1H3;3*(H,5,6,7);. The number of esters is 4. The zero-order valence-electron chi connectivity index (χ0n) is 45.1. The number of hydrogen-bond donors (Lipinski definition) is 6. The van der Waals surface area contributed by atoms with E-state index in [0.29, 0.717) is 27.8 Å². The summed E-state index contributed by atoms with van der Waals surface area (Å²) in [5.74, 6) is 2.04. The third-order valence-corrected chi connectivity index (χ3v) is 10.0. The number of nitriles is 1. The summed E-state index contributed by atoms with van der Waals surface area (Å²) in [6.45, 7) is 17.7. The summed E-state index contributed by atoms with van der Waals surface area (Å²) in [5.41, 5.74) is -10.3. The Morgan fingerprint density at radius 1 is 0.531 bits per heavy atom. The number of methoxy groups -OCH3 is 4. The first-order valence-electron chi connectivity index (χ1n) is 20.5. The van der Waals surface area contributed by atoms with Crippen molar-refractivity contribution in [2.24, 2.45) is 0 Å². The van der Waals surface area contributed by atoms with Crippen LogP contribution in [0.5, 0.6) is 17.2 Å². The van der Waals surface area contributed by atoms with E-state index >= 15 is 0 Å². The minimum Gasteiger partial charge on any atom is -0.508 e. The molecule has 1 aromatic heterocycles. The number of alkyl halides is 9. The van der Waals surface area contributed by atoms with Gasteiger partial charge < -0.3 is 38.7 Å². The number of ether oxygens (including phenoxy) is 4. The van der Waals surface area contributed by atoms with E-state index in [-0.39, 0.29) is 48.7 Å². The van der Waals surface area contributed by atoms with Gasteiger partial charge in [-0.2, -0.15) is 70.0 Å². The molecule has 0 aliphatic heterocycles. The molecule has 1 heterocycles. The van der Waals surface area contributed by atoms with E-state index in [9.17, 15) is 74.0 Å². The van der Waals surface area contributed by atoms with Crippen LogP contribution in [0.4, 0.5) is 39.5 Å². The van der Waals surface area contributed by atoms with Crippen molar-refractivity contribution in [1.82, 2.24) is 0 Å². The number of furan rings is 1. The first-order chi connectivity index (χ1) is 35.9. The van der Waals surface area contributed by atoms with Crippen LogP contribution in [0, 0.1) is 86.0 Å². The van der Waals surface area contributed by atoms with Gasteiger partial charge in [-0.25, -0.2) is 19.2 Å². The molecule has 0 spiro atoms. The molecule has 35 heteroatoms. The summed E-state index contributed by atoms with van der Waals surface area (Å²) in [5, 5.41) is 35.9. The van der Waals surface area contributed by atoms with Gasteiger partial charge in [-0.3, -0.25) is 13.7 Å². The molecular weight excluding hydrogens is 1210 g/mol. The zero-order chi connectivity index (χ0) is 64.9. The van der Waals surface area contributed by atoms with Gasteiger partial charge in [-0.1, -0.05) is 18.2 Å². The number of carbonyl (C=O) groups is 4. The fourth-order valence-corrected chi connectivity index (χ4v) is 4.68. The summed E-state index contributed by atoms with van der Waals surface area (Å²) in [4.78, 5) is 43.5. The first kappa shape index (κ1) is 85.5. The fraction of sp³-hybridized carbons (Fsp3) is 0.370. The molecular formula is C46H56F9NO21S3Sc. The third-order valence-electron chi connectivity index (χ3n) is 8.26. The summed E-state index contributed by atoms with van der Waals surface area (Å²) in [7, 11) is -12.3. The minimum atomic E-state index is -5.84. The maximum atomic E-state index is 11.4. The summed E-state index contributed by atoms with van der Waals surface area (Å²) >= 11 is 0. The van der Waals surface area contributed by atoms with E-state index < -0.39 is 70.8 Å². The van der Waals surface area contributed by atoms with Gasteiger partial charge in [-0.05, 0) is 114 Å². The van der Waals surface area contributed by atoms with Crippen LogP contribution in [-0.4, -0.2) is 123 Å². The number of benzene rings is 3. The van der Waals surface area contributed by atoms with Gasteiger partial charge in [0.1, 0.15) is 34.3 Å². The van der Waals surface area contributed by atoms with Crippen molar-refractivity contribution in [3.8, 4) is 35.7 Å². The molecule has 455 valence electrons. The average Bonchev–Trinajstić information content (AvgIpc) is 3.71. The Labute approximate surface area is 478 Å². The van der Waals surface area contributed by atoms with Crippen LogP contribution in [0.15, 0.2) is 46.9 Å². The Balaban J connectivity index is -0.000000200. The Kier molecular flexibility index (Phi) is 40.2. The largest absolute Gasteiger partial charge is 0.522 e. The fourth-order valence-electron chi connectivity index (χ4n) is 4.68. The van der Waals surface area contributed by atoms with Gasteiger partial charge in [0.05, 0.1) is 45.6 Å². The van der Waals surface area contributed by atoms with E-state index in [0.717, 1.165) is 33.8 Å². The smallest absolute Gasteiger partial charge is 0.508 e. The molecule has 4 rings (SSSR count). The number of aromatic hydroxyl groups is 3. The second kappa shape index (κ2) is 38.0. The van der Waals surface area contributed by atoms with Gasteiger partial charge in [0.2, 0.25) is 0 Å².